The summed E-state index contributed by atoms with van der Waals surface area (Å²) in [6.45, 7) is 0.0440. The lowest BCUT2D eigenvalue weighted by atomic mass is 10.2. The number of aliphatic hydroxyl groups excluding tert-OH is 1. The maximum atomic E-state index is 8.81. The van der Waals surface area contributed by atoms with Crippen LogP contribution in [0.3, 0.4) is 0 Å². The summed E-state index contributed by atoms with van der Waals surface area (Å²) in [5, 5.41) is 9.30. The Hall–Kier alpha value is -1.17. The second kappa shape index (κ2) is 4.14. The number of nitrogens with two attached hydrogens (primary N) is 1. The highest BCUT2D eigenvalue weighted by molar-refractivity contribution is 6.33. The molecule has 0 aliphatic carbocycles. The molecule has 0 bridgehead atoms. The fraction of sp³-hybridized carbons (Fsp3) is 0.333. The van der Waals surface area contributed by atoms with Crippen LogP contribution >= 0.6 is 11.6 Å². The van der Waals surface area contributed by atoms with E-state index in [1.54, 1.807) is 16.9 Å². The highest BCUT2D eigenvalue weighted by Crippen LogP contribution is 2.19. The van der Waals surface area contributed by atoms with E-state index < -0.39 is 0 Å². The zero-order valence-corrected chi connectivity index (χ0v) is 8.72. The average molecular weight is 227 g/mol. The van der Waals surface area contributed by atoms with Gasteiger partial charge in [-0.2, -0.15) is 0 Å². The third-order valence-corrected chi connectivity index (χ3v) is 2.50. The van der Waals surface area contributed by atoms with Crippen molar-refractivity contribution in [2.24, 2.45) is 5.73 Å². The molecule has 0 spiro atoms. The van der Waals surface area contributed by atoms with Crippen molar-refractivity contribution in [3.63, 3.8) is 0 Å². The third kappa shape index (κ3) is 1.81. The van der Waals surface area contributed by atoms with E-state index in [0.29, 0.717) is 17.1 Å². The van der Waals surface area contributed by atoms with E-state index in [4.69, 9.17) is 22.4 Å². The summed E-state index contributed by atoms with van der Waals surface area (Å²) in [6.07, 6.45) is 5.29. The minimum Gasteiger partial charge on any atom is -0.396 e. The zero-order chi connectivity index (χ0) is 10.8. The predicted molar refractivity (Wildman–Crippen MR) is 56.6 cm³/mol. The van der Waals surface area contributed by atoms with Gasteiger partial charge in [0.15, 0.2) is 5.65 Å². The molecule has 1 atom stereocenters. The minimum absolute atomic E-state index is 0.0440. The Bertz CT molecular complexity index is 470. The second-order valence-electron chi connectivity index (χ2n) is 3.24. The van der Waals surface area contributed by atoms with Gasteiger partial charge in [-0.3, -0.25) is 4.40 Å². The summed E-state index contributed by atoms with van der Waals surface area (Å²) < 4.78 is 1.74. The number of nitrogens with zero attached hydrogens (tertiary/aromatic N) is 3. The van der Waals surface area contributed by atoms with Gasteiger partial charge in [0.25, 0.3) is 0 Å². The molecule has 0 saturated heterocycles. The van der Waals surface area contributed by atoms with Crippen molar-refractivity contribution in [1.29, 1.82) is 0 Å². The molecule has 80 valence electrons. The van der Waals surface area contributed by atoms with Gasteiger partial charge >= 0.3 is 0 Å². The van der Waals surface area contributed by atoms with Crippen molar-refractivity contribution in [3.05, 3.63) is 29.4 Å². The Morgan fingerprint density at radius 2 is 2.33 bits per heavy atom. The maximum absolute atomic E-state index is 8.81. The van der Waals surface area contributed by atoms with E-state index in [9.17, 15) is 0 Å². The van der Waals surface area contributed by atoms with Crippen molar-refractivity contribution in [1.82, 2.24) is 14.4 Å². The van der Waals surface area contributed by atoms with Gasteiger partial charge in [0.05, 0.1) is 18.1 Å². The molecule has 2 heterocycles. The van der Waals surface area contributed by atoms with E-state index in [1.807, 2.05) is 0 Å². The topological polar surface area (TPSA) is 76.4 Å². The van der Waals surface area contributed by atoms with Crippen LogP contribution in [0.4, 0.5) is 0 Å². The van der Waals surface area contributed by atoms with Crippen molar-refractivity contribution < 1.29 is 5.11 Å². The molecule has 0 amide bonds. The predicted octanol–water partition coefficient (Wildman–Crippen LogP) is 0.765. The monoisotopic (exact) mass is 226 g/mol. The molecule has 0 radical (unpaired) electrons. The number of imidazole rings is 1. The summed E-state index contributed by atoms with van der Waals surface area (Å²) in [5.74, 6) is 0. The normalized spacial score (nSPS) is 13.3. The fourth-order valence-corrected chi connectivity index (χ4v) is 1.65. The van der Waals surface area contributed by atoms with E-state index in [0.717, 1.165) is 5.69 Å². The summed E-state index contributed by atoms with van der Waals surface area (Å²) in [7, 11) is 0. The first-order chi connectivity index (χ1) is 7.24. The molecular weight excluding hydrogens is 216 g/mol. The molecule has 1 unspecified atom stereocenters. The standard InChI is InChI=1S/C9H11ClN4O/c10-6-3-12-5-14-8(4-13-9(6)14)7(11)1-2-15/h3-5,7,15H,1-2,11H2. The molecule has 2 aromatic rings. The molecule has 5 nitrogen and oxygen atoms in total. The molecule has 6 heteroatoms. The number of aromatic nitrogens is 3. The van der Waals surface area contributed by atoms with Gasteiger partial charge in [0.1, 0.15) is 11.3 Å². The van der Waals surface area contributed by atoms with Crippen LogP contribution in [-0.2, 0) is 0 Å². The number of fused-ring (bicyclic) bond motifs is 1. The summed E-state index contributed by atoms with van der Waals surface area (Å²) in [4.78, 5) is 8.11. The quantitative estimate of drug-likeness (QED) is 0.811. The van der Waals surface area contributed by atoms with Crippen LogP contribution in [0.25, 0.3) is 5.65 Å². The SMILES string of the molecule is NC(CCO)c1cnc2c(Cl)cncn12. The molecule has 3 N–H and O–H groups in total. The molecule has 0 aromatic carbocycles. The van der Waals surface area contributed by atoms with Gasteiger partial charge in [-0.05, 0) is 6.42 Å². The van der Waals surface area contributed by atoms with Gasteiger partial charge in [-0.15, -0.1) is 0 Å². The van der Waals surface area contributed by atoms with Crippen LogP contribution in [0.2, 0.25) is 5.02 Å². The van der Waals surface area contributed by atoms with Crippen LogP contribution < -0.4 is 5.73 Å². The Morgan fingerprint density at radius 1 is 1.53 bits per heavy atom. The van der Waals surface area contributed by atoms with Crippen molar-refractivity contribution >= 4 is 17.2 Å². The fourth-order valence-electron chi connectivity index (χ4n) is 1.46. The summed E-state index contributed by atoms with van der Waals surface area (Å²) >= 11 is 5.92. The van der Waals surface area contributed by atoms with Gasteiger partial charge in [-0.25, -0.2) is 9.97 Å². The summed E-state index contributed by atoms with van der Waals surface area (Å²) in [5.41, 5.74) is 7.31. The molecule has 2 rings (SSSR count). The lowest BCUT2D eigenvalue weighted by Gasteiger charge is -2.08. The van der Waals surface area contributed by atoms with E-state index in [1.165, 1.54) is 6.20 Å². The average Bonchev–Trinajstić information content (AvgIpc) is 2.63. The van der Waals surface area contributed by atoms with Crippen LogP contribution in [0.1, 0.15) is 18.2 Å². The van der Waals surface area contributed by atoms with Gasteiger partial charge in [0.2, 0.25) is 0 Å². The molecule has 2 aromatic heterocycles. The number of rotatable bonds is 3. The minimum atomic E-state index is -0.259. The first kappa shape index (κ1) is 10.4. The highest BCUT2D eigenvalue weighted by Gasteiger charge is 2.12. The van der Waals surface area contributed by atoms with Crippen LogP contribution in [0, 0.1) is 0 Å². The third-order valence-electron chi connectivity index (χ3n) is 2.23. The van der Waals surface area contributed by atoms with E-state index in [2.05, 4.69) is 9.97 Å². The molecule has 0 aliphatic rings. The number of hydrogen-bond donors (Lipinski definition) is 2. The molecule has 0 fully saturated rings. The van der Waals surface area contributed by atoms with Crippen molar-refractivity contribution in [2.75, 3.05) is 6.61 Å². The van der Waals surface area contributed by atoms with E-state index in [-0.39, 0.29) is 12.6 Å². The van der Waals surface area contributed by atoms with Crippen LogP contribution in [-0.4, -0.2) is 26.1 Å². The van der Waals surface area contributed by atoms with Crippen molar-refractivity contribution in [3.8, 4) is 0 Å². The molecule has 0 aliphatic heterocycles. The Balaban J connectivity index is 2.49. The number of halogens is 1. The molecule has 15 heavy (non-hydrogen) atoms. The van der Waals surface area contributed by atoms with Crippen molar-refractivity contribution in [2.45, 2.75) is 12.5 Å². The van der Waals surface area contributed by atoms with Gasteiger partial charge in [-0.1, -0.05) is 11.6 Å². The first-order valence-corrected chi connectivity index (χ1v) is 4.94. The van der Waals surface area contributed by atoms with Gasteiger partial charge in [0, 0.05) is 12.6 Å². The highest BCUT2D eigenvalue weighted by atomic mass is 35.5. The lowest BCUT2D eigenvalue weighted by molar-refractivity contribution is 0.275. The number of hydrogen-bond acceptors (Lipinski definition) is 4. The summed E-state index contributed by atoms with van der Waals surface area (Å²) in [6, 6.07) is -0.259. The second-order valence-corrected chi connectivity index (χ2v) is 3.64. The Labute approximate surface area is 91.5 Å². The Kier molecular flexibility index (Phi) is 2.86. The first-order valence-electron chi connectivity index (χ1n) is 4.57. The lowest BCUT2D eigenvalue weighted by Crippen LogP contribution is -2.14. The van der Waals surface area contributed by atoms with Gasteiger partial charge < -0.3 is 10.8 Å². The van der Waals surface area contributed by atoms with Crippen LogP contribution in [0.5, 0.6) is 0 Å². The molecular formula is C9H11ClN4O. The molecule has 0 saturated carbocycles. The zero-order valence-electron chi connectivity index (χ0n) is 7.97. The van der Waals surface area contributed by atoms with Crippen LogP contribution in [0.15, 0.2) is 18.7 Å². The number of aliphatic hydroxyl groups is 1. The van der Waals surface area contributed by atoms with E-state index >= 15 is 0 Å². The largest absolute Gasteiger partial charge is 0.396 e. The smallest absolute Gasteiger partial charge is 0.158 e. The Morgan fingerprint density at radius 3 is 3.07 bits per heavy atom. The maximum Gasteiger partial charge on any atom is 0.158 e.